The first-order valence-electron chi connectivity index (χ1n) is 7.80. The number of rotatable bonds is 4. The SMILES string of the molecule is CC(C)(C)CC(=O)NCC(=O)Nc1ccc2c(c1)OCCCO2. The number of benzene rings is 1. The Morgan fingerprint density at radius 3 is 2.48 bits per heavy atom. The zero-order valence-corrected chi connectivity index (χ0v) is 13.9. The highest BCUT2D eigenvalue weighted by molar-refractivity contribution is 5.94. The lowest BCUT2D eigenvalue weighted by Gasteiger charge is -2.17. The average molecular weight is 320 g/mol. The van der Waals surface area contributed by atoms with Crippen molar-refractivity contribution >= 4 is 17.5 Å². The number of carbonyl (C=O) groups excluding carboxylic acids is 2. The van der Waals surface area contributed by atoms with Crippen molar-refractivity contribution in [1.82, 2.24) is 5.32 Å². The fraction of sp³-hybridized carbons (Fsp3) is 0.529. The monoisotopic (exact) mass is 320 g/mol. The second kappa shape index (κ2) is 7.35. The van der Waals surface area contributed by atoms with Crippen LogP contribution < -0.4 is 20.1 Å². The molecule has 0 radical (unpaired) electrons. The smallest absolute Gasteiger partial charge is 0.243 e. The van der Waals surface area contributed by atoms with Crippen LogP contribution in [-0.4, -0.2) is 31.6 Å². The minimum Gasteiger partial charge on any atom is -0.490 e. The van der Waals surface area contributed by atoms with Crippen molar-refractivity contribution in [2.24, 2.45) is 5.41 Å². The number of anilines is 1. The average Bonchev–Trinajstić information content (AvgIpc) is 2.68. The molecule has 0 unspecified atom stereocenters. The van der Waals surface area contributed by atoms with Crippen molar-refractivity contribution in [2.45, 2.75) is 33.6 Å². The fourth-order valence-corrected chi connectivity index (χ4v) is 2.17. The first-order valence-corrected chi connectivity index (χ1v) is 7.80. The molecule has 1 heterocycles. The number of hydrogen-bond acceptors (Lipinski definition) is 4. The fourth-order valence-electron chi connectivity index (χ4n) is 2.17. The minimum atomic E-state index is -0.276. The molecule has 0 bridgehead atoms. The van der Waals surface area contributed by atoms with Crippen LogP contribution in [0.5, 0.6) is 11.5 Å². The molecule has 126 valence electrons. The topological polar surface area (TPSA) is 76.7 Å². The molecular formula is C17H24N2O4. The lowest BCUT2D eigenvalue weighted by molar-refractivity contribution is -0.125. The second-order valence-electron chi connectivity index (χ2n) is 6.77. The maximum atomic E-state index is 11.9. The molecule has 1 aromatic rings. The number of amides is 2. The number of nitrogens with one attached hydrogen (secondary N) is 2. The van der Waals surface area contributed by atoms with E-state index in [0.717, 1.165) is 6.42 Å². The van der Waals surface area contributed by atoms with Crippen LogP contribution in [0.2, 0.25) is 0 Å². The first-order chi connectivity index (χ1) is 10.8. The normalized spacial score (nSPS) is 13.9. The van der Waals surface area contributed by atoms with E-state index in [1.807, 2.05) is 20.8 Å². The van der Waals surface area contributed by atoms with Crippen LogP contribution in [0.1, 0.15) is 33.6 Å². The molecule has 6 heteroatoms. The molecule has 1 aliphatic rings. The predicted molar refractivity (Wildman–Crippen MR) is 87.8 cm³/mol. The Morgan fingerprint density at radius 2 is 1.78 bits per heavy atom. The maximum absolute atomic E-state index is 11.9. The Hall–Kier alpha value is -2.24. The van der Waals surface area contributed by atoms with Gasteiger partial charge in [0.2, 0.25) is 11.8 Å². The van der Waals surface area contributed by atoms with E-state index in [2.05, 4.69) is 10.6 Å². The van der Waals surface area contributed by atoms with Crippen LogP contribution in [-0.2, 0) is 9.59 Å². The molecule has 23 heavy (non-hydrogen) atoms. The summed E-state index contributed by atoms with van der Waals surface area (Å²) in [6, 6.07) is 5.26. The lowest BCUT2D eigenvalue weighted by Crippen LogP contribution is -2.34. The van der Waals surface area contributed by atoms with Gasteiger partial charge in [0, 0.05) is 24.6 Å². The van der Waals surface area contributed by atoms with E-state index in [1.54, 1.807) is 18.2 Å². The van der Waals surface area contributed by atoms with E-state index in [4.69, 9.17) is 9.47 Å². The van der Waals surface area contributed by atoms with Gasteiger partial charge in [0.1, 0.15) is 0 Å². The lowest BCUT2D eigenvalue weighted by atomic mass is 9.92. The third kappa shape index (κ3) is 5.81. The van der Waals surface area contributed by atoms with Crippen LogP contribution >= 0.6 is 0 Å². The van der Waals surface area contributed by atoms with Crippen molar-refractivity contribution in [2.75, 3.05) is 25.1 Å². The Balaban J connectivity index is 1.86. The molecule has 2 N–H and O–H groups in total. The van der Waals surface area contributed by atoms with Crippen LogP contribution in [0.4, 0.5) is 5.69 Å². The van der Waals surface area contributed by atoms with Crippen LogP contribution in [0.3, 0.4) is 0 Å². The summed E-state index contributed by atoms with van der Waals surface area (Å²) in [6.07, 6.45) is 1.21. The molecule has 1 aliphatic heterocycles. The summed E-state index contributed by atoms with van der Waals surface area (Å²) in [5.74, 6) is 0.893. The second-order valence-corrected chi connectivity index (χ2v) is 6.77. The third-order valence-corrected chi connectivity index (χ3v) is 3.17. The van der Waals surface area contributed by atoms with E-state index >= 15 is 0 Å². The molecule has 0 aliphatic carbocycles. The summed E-state index contributed by atoms with van der Waals surface area (Å²) in [4.78, 5) is 23.6. The molecule has 2 amide bonds. The van der Waals surface area contributed by atoms with E-state index in [9.17, 15) is 9.59 Å². The van der Waals surface area contributed by atoms with Gasteiger partial charge in [-0.15, -0.1) is 0 Å². The standard InChI is InChI=1S/C17H24N2O4/c1-17(2,3)10-15(20)18-11-16(21)19-12-5-6-13-14(9-12)23-8-4-7-22-13/h5-6,9H,4,7-8,10-11H2,1-3H3,(H,18,20)(H,19,21). The molecule has 2 rings (SSSR count). The zero-order valence-electron chi connectivity index (χ0n) is 13.9. The van der Waals surface area contributed by atoms with Gasteiger partial charge in [-0.25, -0.2) is 0 Å². The van der Waals surface area contributed by atoms with Gasteiger partial charge in [-0.3, -0.25) is 9.59 Å². The molecule has 0 saturated heterocycles. The summed E-state index contributed by atoms with van der Waals surface area (Å²) in [7, 11) is 0. The summed E-state index contributed by atoms with van der Waals surface area (Å²) in [6.45, 7) is 7.09. The van der Waals surface area contributed by atoms with E-state index in [1.165, 1.54) is 0 Å². The number of carbonyl (C=O) groups is 2. The largest absolute Gasteiger partial charge is 0.490 e. The van der Waals surface area contributed by atoms with Gasteiger partial charge in [-0.1, -0.05) is 20.8 Å². The molecule has 0 fully saturated rings. The molecular weight excluding hydrogens is 296 g/mol. The van der Waals surface area contributed by atoms with Crippen LogP contribution in [0.25, 0.3) is 0 Å². The van der Waals surface area contributed by atoms with E-state index in [-0.39, 0.29) is 23.8 Å². The van der Waals surface area contributed by atoms with Crippen molar-refractivity contribution < 1.29 is 19.1 Å². The Bertz CT molecular complexity index is 578. The van der Waals surface area contributed by atoms with Gasteiger partial charge >= 0.3 is 0 Å². The molecule has 1 aromatic carbocycles. The number of fused-ring (bicyclic) bond motifs is 1. The van der Waals surface area contributed by atoms with Crippen molar-refractivity contribution in [3.63, 3.8) is 0 Å². The maximum Gasteiger partial charge on any atom is 0.243 e. The third-order valence-electron chi connectivity index (χ3n) is 3.17. The van der Waals surface area contributed by atoms with E-state index < -0.39 is 0 Å². The summed E-state index contributed by atoms with van der Waals surface area (Å²) < 4.78 is 11.1. The zero-order chi connectivity index (χ0) is 16.9. The molecule has 0 aromatic heterocycles. The van der Waals surface area contributed by atoms with Gasteiger partial charge in [-0.2, -0.15) is 0 Å². The number of hydrogen-bond donors (Lipinski definition) is 2. The van der Waals surface area contributed by atoms with Gasteiger partial charge in [-0.05, 0) is 17.5 Å². The van der Waals surface area contributed by atoms with Crippen LogP contribution in [0.15, 0.2) is 18.2 Å². The Kier molecular flexibility index (Phi) is 5.47. The highest BCUT2D eigenvalue weighted by Gasteiger charge is 2.16. The summed E-state index contributed by atoms with van der Waals surface area (Å²) in [5, 5.41) is 5.37. The van der Waals surface area contributed by atoms with Gasteiger partial charge in [0.25, 0.3) is 0 Å². The highest BCUT2D eigenvalue weighted by Crippen LogP contribution is 2.32. The van der Waals surface area contributed by atoms with Gasteiger partial charge in [0.05, 0.1) is 19.8 Å². The summed E-state index contributed by atoms with van der Waals surface area (Å²) >= 11 is 0. The first kappa shape index (κ1) is 17.1. The summed E-state index contributed by atoms with van der Waals surface area (Å²) in [5.41, 5.74) is 0.513. The molecule has 0 atom stereocenters. The van der Waals surface area contributed by atoms with Gasteiger partial charge < -0.3 is 20.1 Å². The van der Waals surface area contributed by atoms with Crippen molar-refractivity contribution in [3.8, 4) is 11.5 Å². The van der Waals surface area contributed by atoms with E-state index in [0.29, 0.717) is 36.8 Å². The quantitative estimate of drug-likeness (QED) is 0.893. The molecule has 6 nitrogen and oxygen atoms in total. The molecule has 0 saturated carbocycles. The Labute approximate surface area is 136 Å². The minimum absolute atomic E-state index is 0.0522. The van der Waals surface area contributed by atoms with Gasteiger partial charge in [0.15, 0.2) is 11.5 Å². The number of ether oxygens (including phenoxy) is 2. The molecule has 0 spiro atoms. The van der Waals surface area contributed by atoms with Crippen molar-refractivity contribution in [3.05, 3.63) is 18.2 Å². The highest BCUT2D eigenvalue weighted by atomic mass is 16.5. The van der Waals surface area contributed by atoms with Crippen molar-refractivity contribution in [1.29, 1.82) is 0 Å². The Morgan fingerprint density at radius 1 is 1.09 bits per heavy atom. The predicted octanol–water partition coefficient (Wildman–Crippen LogP) is 2.34. The van der Waals surface area contributed by atoms with Crippen LogP contribution in [0, 0.1) is 5.41 Å².